The third-order valence-electron chi connectivity index (χ3n) is 3.92. The van der Waals surface area contributed by atoms with E-state index in [9.17, 15) is 0 Å². The van der Waals surface area contributed by atoms with E-state index in [4.69, 9.17) is 10.5 Å². The fraction of sp³-hybridized carbons (Fsp3) is 0.667. The van der Waals surface area contributed by atoms with Crippen LogP contribution >= 0.6 is 0 Å². The Morgan fingerprint density at radius 3 is 2.24 bits per heavy atom. The third-order valence-corrected chi connectivity index (χ3v) is 3.92. The van der Waals surface area contributed by atoms with E-state index in [0.29, 0.717) is 12.0 Å². The zero-order valence-electron chi connectivity index (χ0n) is 14.3. The van der Waals surface area contributed by atoms with Gasteiger partial charge in [0.25, 0.3) is 0 Å². The molecule has 0 amide bonds. The summed E-state index contributed by atoms with van der Waals surface area (Å²) in [4.78, 5) is 2.37. The van der Waals surface area contributed by atoms with Crippen molar-refractivity contribution in [1.82, 2.24) is 4.90 Å². The molecule has 0 aliphatic rings. The average Bonchev–Trinajstić information content (AvgIpc) is 2.44. The van der Waals surface area contributed by atoms with Crippen LogP contribution in [0.2, 0.25) is 0 Å². The van der Waals surface area contributed by atoms with Gasteiger partial charge in [-0.3, -0.25) is 4.90 Å². The van der Waals surface area contributed by atoms with Crippen molar-refractivity contribution in [2.24, 2.45) is 11.7 Å². The highest BCUT2D eigenvalue weighted by molar-refractivity contribution is 5.25. The quantitative estimate of drug-likeness (QED) is 0.759. The van der Waals surface area contributed by atoms with Crippen LogP contribution in [-0.2, 0) is 11.2 Å². The molecule has 0 aliphatic carbocycles. The topological polar surface area (TPSA) is 38.5 Å². The van der Waals surface area contributed by atoms with Crippen LogP contribution in [0.1, 0.15) is 44.9 Å². The highest BCUT2D eigenvalue weighted by Gasteiger charge is 2.16. The zero-order valence-corrected chi connectivity index (χ0v) is 14.3. The van der Waals surface area contributed by atoms with Crippen molar-refractivity contribution in [2.45, 2.75) is 46.2 Å². The number of benzene rings is 1. The molecule has 0 saturated heterocycles. The number of likely N-dealkylation sites (N-methyl/N-ethyl adjacent to an activating group) is 1. The summed E-state index contributed by atoms with van der Waals surface area (Å²) in [5.74, 6) is 0.690. The van der Waals surface area contributed by atoms with Gasteiger partial charge in [-0.1, -0.05) is 45.0 Å². The lowest BCUT2D eigenvalue weighted by molar-refractivity contribution is 0.0986. The maximum Gasteiger partial charge on any atom is 0.0615 e. The van der Waals surface area contributed by atoms with E-state index < -0.39 is 0 Å². The van der Waals surface area contributed by atoms with Gasteiger partial charge in [0.1, 0.15) is 0 Å². The van der Waals surface area contributed by atoms with Crippen LogP contribution in [0.5, 0.6) is 0 Å². The second kappa shape index (κ2) is 9.19. The summed E-state index contributed by atoms with van der Waals surface area (Å²) < 4.78 is 5.24. The number of ether oxygens (including phenoxy) is 1. The van der Waals surface area contributed by atoms with Crippen LogP contribution in [0.15, 0.2) is 24.3 Å². The van der Waals surface area contributed by atoms with Crippen LogP contribution in [0.25, 0.3) is 0 Å². The smallest absolute Gasteiger partial charge is 0.0615 e. The minimum atomic E-state index is 0.0531. The Labute approximate surface area is 130 Å². The number of hydrogen-bond donors (Lipinski definition) is 1. The van der Waals surface area contributed by atoms with Crippen molar-refractivity contribution in [2.75, 3.05) is 26.8 Å². The monoisotopic (exact) mass is 292 g/mol. The van der Waals surface area contributed by atoms with Gasteiger partial charge >= 0.3 is 0 Å². The molecular formula is C18H32N2O. The van der Waals surface area contributed by atoms with E-state index in [1.165, 1.54) is 11.1 Å². The SMILES string of the molecule is CCN(CC(N)c1ccc(CC(C)C)cc1)C(C)COC. The summed E-state index contributed by atoms with van der Waals surface area (Å²) in [5, 5.41) is 0. The van der Waals surface area contributed by atoms with Gasteiger partial charge in [-0.05, 0) is 36.9 Å². The highest BCUT2D eigenvalue weighted by Crippen LogP contribution is 2.16. The molecule has 0 heterocycles. The van der Waals surface area contributed by atoms with Crippen LogP contribution in [0, 0.1) is 5.92 Å². The zero-order chi connectivity index (χ0) is 15.8. The Morgan fingerprint density at radius 1 is 1.14 bits per heavy atom. The Morgan fingerprint density at radius 2 is 1.76 bits per heavy atom. The maximum absolute atomic E-state index is 6.37. The molecule has 0 saturated carbocycles. The van der Waals surface area contributed by atoms with Gasteiger partial charge in [-0.25, -0.2) is 0 Å². The second-order valence-corrected chi connectivity index (χ2v) is 6.34. The molecule has 0 bridgehead atoms. The largest absolute Gasteiger partial charge is 0.383 e. The molecule has 0 fully saturated rings. The molecule has 21 heavy (non-hydrogen) atoms. The number of rotatable bonds is 9. The summed E-state index contributed by atoms with van der Waals surface area (Å²) in [5.41, 5.74) is 8.98. The molecule has 2 unspecified atom stereocenters. The second-order valence-electron chi connectivity index (χ2n) is 6.34. The first kappa shape index (κ1) is 18.1. The minimum absolute atomic E-state index is 0.0531. The van der Waals surface area contributed by atoms with Crippen LogP contribution in [0.4, 0.5) is 0 Å². The molecule has 2 atom stereocenters. The molecule has 1 rings (SSSR count). The van der Waals surface area contributed by atoms with Crippen molar-refractivity contribution < 1.29 is 4.74 Å². The molecule has 0 aromatic heterocycles. The van der Waals surface area contributed by atoms with Gasteiger partial charge in [0, 0.05) is 25.7 Å². The molecule has 120 valence electrons. The molecular weight excluding hydrogens is 260 g/mol. The van der Waals surface area contributed by atoms with E-state index in [-0.39, 0.29) is 6.04 Å². The molecule has 0 spiro atoms. The normalized spacial score (nSPS) is 14.7. The Kier molecular flexibility index (Phi) is 7.94. The lowest BCUT2D eigenvalue weighted by Crippen LogP contribution is -2.40. The van der Waals surface area contributed by atoms with Crippen LogP contribution in [-0.4, -0.2) is 37.7 Å². The molecule has 3 heteroatoms. The molecule has 1 aromatic rings. The van der Waals surface area contributed by atoms with Gasteiger partial charge in [0.2, 0.25) is 0 Å². The predicted octanol–water partition coefficient (Wildman–Crippen LogP) is 3.24. The maximum atomic E-state index is 6.37. The Balaban J connectivity index is 2.63. The number of methoxy groups -OCH3 is 1. The van der Waals surface area contributed by atoms with Crippen molar-refractivity contribution >= 4 is 0 Å². The third kappa shape index (κ3) is 6.16. The first-order valence-electron chi connectivity index (χ1n) is 8.05. The van der Waals surface area contributed by atoms with Crippen molar-refractivity contribution in [3.8, 4) is 0 Å². The number of nitrogens with zero attached hydrogens (tertiary/aromatic N) is 1. The summed E-state index contributed by atoms with van der Waals surface area (Å²) >= 11 is 0. The minimum Gasteiger partial charge on any atom is -0.383 e. The van der Waals surface area contributed by atoms with Crippen LogP contribution in [0.3, 0.4) is 0 Å². The molecule has 3 nitrogen and oxygen atoms in total. The molecule has 0 radical (unpaired) electrons. The van der Waals surface area contributed by atoms with Crippen molar-refractivity contribution in [3.05, 3.63) is 35.4 Å². The van der Waals surface area contributed by atoms with Crippen molar-refractivity contribution in [1.29, 1.82) is 0 Å². The Hall–Kier alpha value is -0.900. The molecule has 2 N–H and O–H groups in total. The molecule has 1 aromatic carbocycles. The number of hydrogen-bond acceptors (Lipinski definition) is 3. The van der Waals surface area contributed by atoms with Gasteiger partial charge in [-0.2, -0.15) is 0 Å². The van der Waals surface area contributed by atoms with Gasteiger partial charge < -0.3 is 10.5 Å². The summed E-state index contributed by atoms with van der Waals surface area (Å²) in [6.45, 7) is 11.4. The lowest BCUT2D eigenvalue weighted by atomic mass is 9.99. The predicted molar refractivity (Wildman–Crippen MR) is 90.5 cm³/mol. The van der Waals surface area contributed by atoms with Crippen molar-refractivity contribution in [3.63, 3.8) is 0 Å². The fourth-order valence-electron chi connectivity index (χ4n) is 2.70. The first-order valence-corrected chi connectivity index (χ1v) is 8.05. The van der Waals surface area contributed by atoms with Crippen LogP contribution < -0.4 is 5.73 Å². The van der Waals surface area contributed by atoms with E-state index >= 15 is 0 Å². The van der Waals surface area contributed by atoms with Gasteiger partial charge in [0.05, 0.1) is 6.61 Å². The van der Waals surface area contributed by atoms with E-state index in [0.717, 1.165) is 26.1 Å². The summed E-state index contributed by atoms with van der Waals surface area (Å²) in [6, 6.07) is 9.23. The van der Waals surface area contributed by atoms with E-state index in [2.05, 4.69) is 56.9 Å². The number of nitrogens with two attached hydrogens (primary N) is 1. The molecule has 0 aliphatic heterocycles. The van der Waals surface area contributed by atoms with Gasteiger partial charge in [0.15, 0.2) is 0 Å². The fourth-order valence-corrected chi connectivity index (χ4v) is 2.70. The first-order chi connectivity index (χ1) is 9.97. The lowest BCUT2D eigenvalue weighted by Gasteiger charge is -2.30. The average molecular weight is 292 g/mol. The van der Waals surface area contributed by atoms with E-state index in [1.54, 1.807) is 7.11 Å². The summed E-state index contributed by atoms with van der Waals surface area (Å²) in [6.07, 6.45) is 1.13. The Bertz CT molecular complexity index is 389. The highest BCUT2D eigenvalue weighted by atomic mass is 16.5. The van der Waals surface area contributed by atoms with E-state index in [1.807, 2.05) is 0 Å². The summed E-state index contributed by atoms with van der Waals surface area (Å²) in [7, 11) is 1.75. The van der Waals surface area contributed by atoms with Gasteiger partial charge in [-0.15, -0.1) is 0 Å². The standard InChI is InChI=1S/C18H32N2O/c1-6-20(15(4)13-21-5)12-18(19)17-9-7-16(8-10-17)11-14(2)3/h7-10,14-15,18H,6,11-13,19H2,1-5H3.